The number of nitro benzene ring substituents is 1. The van der Waals surface area contributed by atoms with Gasteiger partial charge in [0.05, 0.1) is 22.3 Å². The number of benzene rings is 1. The van der Waals surface area contributed by atoms with Crippen LogP contribution in [0.15, 0.2) is 18.2 Å². The number of rotatable bonds is 5. The van der Waals surface area contributed by atoms with E-state index in [2.05, 4.69) is 0 Å². The minimum atomic E-state index is -0.564. The van der Waals surface area contributed by atoms with Crippen molar-refractivity contribution in [1.29, 1.82) is 0 Å². The predicted octanol–water partition coefficient (Wildman–Crippen LogP) is 2.52. The van der Waals surface area contributed by atoms with Crippen LogP contribution < -0.4 is 5.73 Å². The fourth-order valence-corrected chi connectivity index (χ4v) is 1.56. The highest BCUT2D eigenvalue weighted by atomic mass is 16.6. The van der Waals surface area contributed by atoms with Crippen LogP contribution in [0.25, 0.3) is 0 Å². The number of ether oxygens (including phenoxy) is 1. The van der Waals surface area contributed by atoms with Crippen LogP contribution >= 0.6 is 0 Å². The number of nitrogen functional groups attached to an aromatic ring is 1. The third-order valence-electron chi connectivity index (χ3n) is 2.47. The van der Waals surface area contributed by atoms with Crippen LogP contribution in [0.5, 0.6) is 0 Å². The first-order chi connectivity index (χ1) is 8.45. The van der Waals surface area contributed by atoms with Gasteiger partial charge in [0.15, 0.2) is 0 Å². The van der Waals surface area contributed by atoms with Gasteiger partial charge in [-0.15, -0.1) is 0 Å². The zero-order valence-corrected chi connectivity index (χ0v) is 10.4. The summed E-state index contributed by atoms with van der Waals surface area (Å²) in [6.07, 6.45) is 1.47. The van der Waals surface area contributed by atoms with Crippen molar-refractivity contribution in [1.82, 2.24) is 0 Å². The van der Waals surface area contributed by atoms with Crippen LogP contribution in [0.4, 0.5) is 11.4 Å². The maximum Gasteiger partial charge on any atom is 0.340 e. The molecule has 0 aliphatic rings. The average molecular weight is 252 g/mol. The number of anilines is 1. The molecule has 1 aromatic carbocycles. The van der Waals surface area contributed by atoms with Gasteiger partial charge in [-0.25, -0.2) is 4.79 Å². The van der Waals surface area contributed by atoms with Crippen molar-refractivity contribution in [3.63, 3.8) is 0 Å². The Morgan fingerprint density at radius 2 is 2.22 bits per heavy atom. The van der Waals surface area contributed by atoms with Crippen molar-refractivity contribution < 1.29 is 14.5 Å². The molecule has 1 atom stereocenters. The van der Waals surface area contributed by atoms with Crippen LogP contribution in [0.2, 0.25) is 0 Å². The van der Waals surface area contributed by atoms with E-state index in [-0.39, 0.29) is 23.0 Å². The molecule has 0 bridgehead atoms. The third kappa shape index (κ3) is 3.44. The van der Waals surface area contributed by atoms with E-state index in [1.54, 1.807) is 6.92 Å². The lowest BCUT2D eigenvalue weighted by Gasteiger charge is -2.12. The van der Waals surface area contributed by atoms with Crippen LogP contribution in [0.3, 0.4) is 0 Å². The van der Waals surface area contributed by atoms with Crippen LogP contribution in [-0.4, -0.2) is 17.0 Å². The molecule has 0 aromatic heterocycles. The first-order valence-corrected chi connectivity index (χ1v) is 5.70. The summed E-state index contributed by atoms with van der Waals surface area (Å²) in [6, 6.07) is 3.70. The standard InChI is InChI=1S/C12H16N2O4/c1-3-4-8(2)18-12(15)10-6-5-9(14(16)17)7-11(10)13/h5-8H,3-4,13H2,1-2H3. The molecule has 0 aliphatic heterocycles. The molecule has 6 nitrogen and oxygen atoms in total. The number of esters is 1. The van der Waals surface area contributed by atoms with Gasteiger partial charge < -0.3 is 10.5 Å². The lowest BCUT2D eigenvalue weighted by Crippen LogP contribution is -2.16. The van der Waals surface area contributed by atoms with Crippen molar-refractivity contribution in [2.24, 2.45) is 0 Å². The molecule has 98 valence electrons. The van der Waals surface area contributed by atoms with E-state index in [0.717, 1.165) is 18.9 Å². The Kier molecular flexibility index (Phi) is 4.65. The minimum absolute atomic E-state index is 0.0536. The van der Waals surface area contributed by atoms with E-state index in [1.807, 2.05) is 6.92 Å². The van der Waals surface area contributed by atoms with Crippen LogP contribution in [0, 0.1) is 10.1 Å². The molecule has 1 aromatic rings. The molecule has 0 saturated heterocycles. The van der Waals surface area contributed by atoms with Gasteiger partial charge in [-0.1, -0.05) is 13.3 Å². The molecular formula is C12H16N2O4. The predicted molar refractivity (Wildman–Crippen MR) is 67.3 cm³/mol. The average Bonchev–Trinajstić information content (AvgIpc) is 2.28. The maximum absolute atomic E-state index is 11.8. The van der Waals surface area contributed by atoms with E-state index in [9.17, 15) is 14.9 Å². The fourth-order valence-electron chi connectivity index (χ4n) is 1.56. The Hall–Kier alpha value is -2.11. The number of nitrogens with zero attached hydrogens (tertiary/aromatic N) is 1. The quantitative estimate of drug-likeness (QED) is 0.376. The number of hydrogen-bond acceptors (Lipinski definition) is 5. The summed E-state index contributed by atoms with van der Waals surface area (Å²) in [7, 11) is 0. The highest BCUT2D eigenvalue weighted by molar-refractivity contribution is 5.95. The second-order valence-electron chi connectivity index (χ2n) is 4.03. The number of nitro groups is 1. The number of nitrogens with two attached hydrogens (primary N) is 1. The van der Waals surface area contributed by atoms with Gasteiger partial charge in [0.25, 0.3) is 5.69 Å². The number of carbonyl (C=O) groups excluding carboxylic acids is 1. The molecule has 0 spiro atoms. The topological polar surface area (TPSA) is 95.5 Å². The Balaban J connectivity index is 2.84. The lowest BCUT2D eigenvalue weighted by atomic mass is 10.1. The zero-order valence-electron chi connectivity index (χ0n) is 10.4. The van der Waals surface area contributed by atoms with Gasteiger partial charge in [-0.2, -0.15) is 0 Å². The normalized spacial score (nSPS) is 11.9. The molecule has 0 aliphatic carbocycles. The van der Waals surface area contributed by atoms with E-state index in [0.29, 0.717) is 0 Å². The van der Waals surface area contributed by atoms with Crippen molar-refractivity contribution in [3.05, 3.63) is 33.9 Å². The zero-order chi connectivity index (χ0) is 13.7. The summed E-state index contributed by atoms with van der Waals surface area (Å²) >= 11 is 0. The SMILES string of the molecule is CCCC(C)OC(=O)c1ccc([N+](=O)[O-])cc1N. The van der Waals surface area contributed by atoms with Crippen LogP contribution in [-0.2, 0) is 4.74 Å². The maximum atomic E-state index is 11.8. The molecule has 0 heterocycles. The van der Waals surface area contributed by atoms with Gasteiger partial charge in [-0.05, 0) is 19.4 Å². The molecule has 0 fully saturated rings. The minimum Gasteiger partial charge on any atom is -0.459 e. The van der Waals surface area contributed by atoms with E-state index < -0.39 is 10.9 Å². The summed E-state index contributed by atoms with van der Waals surface area (Å²) in [5, 5.41) is 10.5. The molecule has 0 amide bonds. The van der Waals surface area contributed by atoms with Crippen molar-refractivity contribution in [2.75, 3.05) is 5.73 Å². The largest absolute Gasteiger partial charge is 0.459 e. The smallest absolute Gasteiger partial charge is 0.340 e. The third-order valence-corrected chi connectivity index (χ3v) is 2.47. The first-order valence-electron chi connectivity index (χ1n) is 5.70. The summed E-state index contributed by atoms with van der Waals surface area (Å²) in [5.74, 6) is -0.552. The van der Waals surface area contributed by atoms with E-state index >= 15 is 0 Å². The van der Waals surface area contributed by atoms with E-state index in [4.69, 9.17) is 10.5 Å². The second-order valence-corrected chi connectivity index (χ2v) is 4.03. The monoisotopic (exact) mass is 252 g/mol. The summed E-state index contributed by atoms with van der Waals surface area (Å²) in [6.45, 7) is 3.79. The van der Waals surface area contributed by atoms with Gasteiger partial charge in [-0.3, -0.25) is 10.1 Å². The Morgan fingerprint density at radius 1 is 1.56 bits per heavy atom. The van der Waals surface area contributed by atoms with Crippen molar-refractivity contribution in [2.45, 2.75) is 32.8 Å². The fraction of sp³-hybridized carbons (Fsp3) is 0.417. The number of non-ortho nitro benzene ring substituents is 1. The summed E-state index contributed by atoms with van der Waals surface area (Å²) < 4.78 is 5.17. The molecule has 6 heteroatoms. The number of hydrogen-bond donors (Lipinski definition) is 1. The highest BCUT2D eigenvalue weighted by Crippen LogP contribution is 2.21. The molecule has 18 heavy (non-hydrogen) atoms. The van der Waals surface area contributed by atoms with Crippen LogP contribution in [0.1, 0.15) is 37.0 Å². The molecule has 1 rings (SSSR count). The summed E-state index contributed by atoms with van der Waals surface area (Å²) in [5.41, 5.74) is 5.67. The molecular weight excluding hydrogens is 236 g/mol. The first kappa shape index (κ1) is 14.0. The summed E-state index contributed by atoms with van der Waals surface area (Å²) in [4.78, 5) is 21.7. The van der Waals surface area contributed by atoms with Gasteiger partial charge in [0.2, 0.25) is 0 Å². The van der Waals surface area contributed by atoms with Gasteiger partial charge >= 0.3 is 5.97 Å². The number of carbonyl (C=O) groups is 1. The van der Waals surface area contributed by atoms with Gasteiger partial charge in [0, 0.05) is 12.1 Å². The molecule has 0 radical (unpaired) electrons. The van der Waals surface area contributed by atoms with Crippen molar-refractivity contribution in [3.8, 4) is 0 Å². The van der Waals surface area contributed by atoms with E-state index in [1.165, 1.54) is 12.1 Å². The Bertz CT molecular complexity index is 459. The highest BCUT2D eigenvalue weighted by Gasteiger charge is 2.17. The lowest BCUT2D eigenvalue weighted by molar-refractivity contribution is -0.384. The van der Waals surface area contributed by atoms with Gasteiger partial charge in [0.1, 0.15) is 0 Å². The van der Waals surface area contributed by atoms with Crippen molar-refractivity contribution >= 4 is 17.3 Å². The molecule has 2 N–H and O–H groups in total. The molecule has 1 unspecified atom stereocenters. The Morgan fingerprint density at radius 3 is 2.72 bits per heavy atom. The molecule has 0 saturated carbocycles. The Labute approximate surface area is 105 Å². The second kappa shape index (κ2) is 6.00.